The summed E-state index contributed by atoms with van der Waals surface area (Å²) in [5, 5.41) is -0.410. The predicted octanol–water partition coefficient (Wildman–Crippen LogP) is 4.33. The SMILES string of the molecule is [2H]c1c([2H])c(Cn2c(C([2H])([2H])N3C([2H])([2H])C([2H])([2H])C([2H])([2H])C3([2H])[2H])nc3ccccc32)c([2H])c([2H])c1Cl. The summed E-state index contributed by atoms with van der Waals surface area (Å²) in [6.45, 7) is -10.8. The highest BCUT2D eigenvalue weighted by atomic mass is 35.5. The van der Waals surface area contributed by atoms with Gasteiger partial charge in [0.25, 0.3) is 0 Å². The zero-order valence-electron chi connectivity index (χ0n) is 25.7. The van der Waals surface area contributed by atoms with E-state index in [-0.39, 0.29) is 21.5 Å². The van der Waals surface area contributed by atoms with E-state index in [9.17, 15) is 0 Å². The number of fused-ring (bicyclic) bond motifs is 1. The van der Waals surface area contributed by atoms with E-state index < -0.39 is 73.8 Å². The van der Waals surface area contributed by atoms with Crippen molar-refractivity contribution < 1.29 is 19.2 Å². The average molecular weight is 340 g/mol. The number of hydrogen-bond acceptors (Lipinski definition) is 2. The Morgan fingerprint density at radius 2 is 1.91 bits per heavy atom. The molecule has 3 nitrogen and oxygen atoms in total. The van der Waals surface area contributed by atoms with Crippen molar-refractivity contribution in [3.8, 4) is 0 Å². The molecule has 1 aromatic heterocycles. The fraction of sp³-hybridized carbons (Fsp3) is 0.316. The highest BCUT2D eigenvalue weighted by Gasteiger charge is 2.17. The van der Waals surface area contributed by atoms with Crippen molar-refractivity contribution in [2.75, 3.05) is 13.0 Å². The standard InChI is InChI=1S/C19H20ClN3/c20-16-9-7-15(8-10-16)13-23-18-6-2-1-5-17(18)21-19(23)14-22-11-3-4-12-22/h1-2,5-10H,3-4,11-14H2/i3D2,4D2,7D,8D,9D,10D,11D2,12D2,14D2. The second kappa shape index (κ2) is 6.34. The summed E-state index contributed by atoms with van der Waals surface area (Å²) in [5.41, 5.74) is 0.189. The van der Waals surface area contributed by atoms with Crippen LogP contribution in [0.3, 0.4) is 0 Å². The second-order valence-corrected chi connectivity index (χ2v) is 5.10. The molecule has 3 aromatic rings. The number of benzene rings is 2. The second-order valence-electron chi connectivity index (χ2n) is 4.72. The van der Waals surface area contributed by atoms with Gasteiger partial charge < -0.3 is 4.57 Å². The molecule has 1 fully saturated rings. The van der Waals surface area contributed by atoms with Gasteiger partial charge in [0.1, 0.15) is 5.82 Å². The van der Waals surface area contributed by atoms with Crippen molar-refractivity contribution in [1.29, 1.82) is 0 Å². The quantitative estimate of drug-likeness (QED) is 0.705. The Morgan fingerprint density at radius 3 is 2.70 bits per heavy atom. The summed E-state index contributed by atoms with van der Waals surface area (Å²) in [6.07, 6.45) is -6.96. The maximum absolute atomic E-state index is 8.80. The maximum atomic E-state index is 8.80. The Hall–Kier alpha value is -1.84. The molecule has 4 heteroatoms. The third kappa shape index (κ3) is 3.12. The van der Waals surface area contributed by atoms with Crippen LogP contribution in [0, 0.1) is 0 Å². The van der Waals surface area contributed by atoms with Crippen molar-refractivity contribution in [2.24, 2.45) is 0 Å². The highest BCUT2D eigenvalue weighted by Crippen LogP contribution is 2.21. The molecule has 0 spiro atoms. The summed E-state index contributed by atoms with van der Waals surface area (Å²) in [4.78, 5) is 4.05. The summed E-state index contributed by atoms with van der Waals surface area (Å²) in [5.74, 6) is -0.651. The molecule has 0 aliphatic carbocycles. The van der Waals surface area contributed by atoms with Crippen LogP contribution in [0.25, 0.3) is 11.0 Å². The molecule has 0 bridgehead atoms. The monoisotopic (exact) mass is 339 g/mol. The first-order valence-electron chi connectivity index (χ1n) is 13.8. The van der Waals surface area contributed by atoms with E-state index in [0.29, 0.717) is 0 Å². The lowest BCUT2D eigenvalue weighted by molar-refractivity contribution is 0.318. The predicted molar refractivity (Wildman–Crippen MR) is 94.8 cm³/mol. The number of hydrogen-bond donors (Lipinski definition) is 0. The van der Waals surface area contributed by atoms with Crippen LogP contribution in [0.4, 0.5) is 0 Å². The molecule has 118 valence electrons. The molecule has 1 saturated heterocycles. The van der Waals surface area contributed by atoms with Crippen LogP contribution in [0.15, 0.2) is 48.4 Å². The fourth-order valence-electron chi connectivity index (χ4n) is 2.23. The van der Waals surface area contributed by atoms with Gasteiger partial charge in [-0.1, -0.05) is 35.8 Å². The largest absolute Gasteiger partial charge is 0.322 e. The van der Waals surface area contributed by atoms with Gasteiger partial charge >= 0.3 is 0 Å². The lowest BCUT2D eigenvalue weighted by Gasteiger charge is -2.16. The van der Waals surface area contributed by atoms with Gasteiger partial charge in [-0.15, -0.1) is 0 Å². The number of para-hydroxylation sites is 2. The van der Waals surface area contributed by atoms with E-state index in [0.717, 1.165) is 4.57 Å². The summed E-state index contributed by atoms with van der Waals surface area (Å²) in [6, 6.07) is 4.06. The smallest absolute Gasteiger partial charge is 0.124 e. The highest BCUT2D eigenvalue weighted by molar-refractivity contribution is 6.30. The fourth-order valence-corrected chi connectivity index (χ4v) is 2.33. The van der Waals surface area contributed by atoms with E-state index in [1.807, 2.05) is 0 Å². The summed E-state index contributed by atoms with van der Waals surface area (Å²) in [7, 11) is 0. The molecule has 4 rings (SSSR count). The molecule has 0 atom stereocenters. The maximum Gasteiger partial charge on any atom is 0.124 e. The van der Waals surface area contributed by atoms with Crippen LogP contribution in [0.5, 0.6) is 0 Å². The van der Waals surface area contributed by atoms with Crippen LogP contribution in [0.1, 0.15) is 43.3 Å². The van der Waals surface area contributed by atoms with Crippen molar-refractivity contribution in [2.45, 2.75) is 25.8 Å². The van der Waals surface area contributed by atoms with Gasteiger partial charge in [-0.2, -0.15) is 0 Å². The molecule has 2 aromatic carbocycles. The number of likely N-dealkylation sites (tertiary alicyclic amines) is 1. The van der Waals surface area contributed by atoms with Gasteiger partial charge in [-0.3, -0.25) is 4.90 Å². The zero-order chi connectivity index (χ0) is 28.1. The molecule has 23 heavy (non-hydrogen) atoms. The first-order valence-corrected chi connectivity index (χ1v) is 7.13. The van der Waals surface area contributed by atoms with Gasteiger partial charge in [0.15, 0.2) is 0 Å². The molecule has 0 N–H and O–H groups in total. The Bertz CT molecular complexity index is 1360. The Kier molecular flexibility index (Phi) is 1.63. The molecular formula is C19H20ClN3. The Morgan fingerprint density at radius 1 is 1.17 bits per heavy atom. The third-order valence-electron chi connectivity index (χ3n) is 3.23. The Balaban J connectivity index is 2.00. The molecule has 0 amide bonds. The molecule has 0 unspecified atom stereocenters. The molecule has 2 heterocycles. The van der Waals surface area contributed by atoms with Crippen LogP contribution in [0.2, 0.25) is 5.02 Å². The summed E-state index contributed by atoms with van der Waals surface area (Å²) < 4.78 is 116. The van der Waals surface area contributed by atoms with Crippen molar-refractivity contribution >= 4 is 22.6 Å². The van der Waals surface area contributed by atoms with E-state index in [1.165, 1.54) is 12.1 Å². The van der Waals surface area contributed by atoms with E-state index >= 15 is 0 Å². The Labute approximate surface area is 161 Å². The lowest BCUT2D eigenvalue weighted by Crippen LogP contribution is -2.21. The van der Waals surface area contributed by atoms with E-state index in [1.54, 1.807) is 12.1 Å². The number of halogens is 1. The van der Waals surface area contributed by atoms with Gasteiger partial charge in [-0.25, -0.2) is 4.98 Å². The van der Waals surface area contributed by atoms with Crippen molar-refractivity contribution in [3.63, 3.8) is 0 Å². The molecule has 1 aliphatic heterocycles. The van der Waals surface area contributed by atoms with Gasteiger partial charge in [0, 0.05) is 22.5 Å². The van der Waals surface area contributed by atoms with Gasteiger partial charge in [0.2, 0.25) is 0 Å². The molecular weight excluding hydrogens is 306 g/mol. The van der Waals surface area contributed by atoms with Gasteiger partial charge in [0.05, 0.1) is 25.8 Å². The third-order valence-corrected chi connectivity index (χ3v) is 3.42. The van der Waals surface area contributed by atoms with Crippen LogP contribution in [-0.4, -0.2) is 27.4 Å². The first-order chi connectivity index (χ1) is 16.7. The number of nitrogens with zero attached hydrogens (tertiary/aromatic N) is 3. The zero-order valence-corrected chi connectivity index (χ0v) is 12.5. The van der Waals surface area contributed by atoms with Crippen LogP contribution < -0.4 is 0 Å². The molecule has 1 aliphatic rings. The number of imidazole rings is 1. The first kappa shape index (κ1) is 5.91. The molecule has 0 radical (unpaired) electrons. The minimum atomic E-state index is -3.49. The van der Waals surface area contributed by atoms with Crippen molar-refractivity contribution in [1.82, 2.24) is 14.5 Å². The summed E-state index contributed by atoms with van der Waals surface area (Å²) >= 11 is 5.89. The van der Waals surface area contributed by atoms with E-state index in [2.05, 4.69) is 4.98 Å². The minimum absolute atomic E-state index is 0.151. The lowest BCUT2D eigenvalue weighted by atomic mass is 10.2. The molecule has 0 saturated carbocycles. The number of aromatic nitrogens is 2. The number of rotatable bonds is 4. The topological polar surface area (TPSA) is 21.1 Å². The van der Waals surface area contributed by atoms with E-state index in [4.69, 9.17) is 30.8 Å². The van der Waals surface area contributed by atoms with Gasteiger partial charge in [-0.05, 0) is 55.5 Å². The van der Waals surface area contributed by atoms with Crippen LogP contribution >= 0.6 is 11.6 Å². The average Bonchev–Trinajstić information content (AvgIpc) is 3.20. The minimum Gasteiger partial charge on any atom is -0.322 e. The van der Waals surface area contributed by atoms with Crippen LogP contribution in [-0.2, 0) is 13.0 Å². The normalized spacial score (nSPS) is 33.8. The van der Waals surface area contributed by atoms with Crippen molar-refractivity contribution in [3.05, 3.63) is 64.8 Å².